The van der Waals surface area contributed by atoms with Gasteiger partial charge in [0, 0.05) is 50.6 Å². The Morgan fingerprint density at radius 3 is 2.68 bits per heavy atom. The van der Waals surface area contributed by atoms with Gasteiger partial charge in [0.25, 0.3) is 0 Å². The molecule has 1 aromatic carbocycles. The summed E-state index contributed by atoms with van der Waals surface area (Å²) in [5.41, 5.74) is 4.63. The topological polar surface area (TPSA) is 96.0 Å². The smallest absolute Gasteiger partial charge is 0.223 e. The van der Waals surface area contributed by atoms with Crippen LogP contribution in [0.5, 0.6) is 0 Å². The Morgan fingerprint density at radius 2 is 2.00 bits per heavy atom. The van der Waals surface area contributed by atoms with Crippen LogP contribution >= 0.6 is 11.6 Å². The normalized spacial score (nSPS) is 25.9. The number of methoxy groups -OCH3 is 1. The minimum atomic E-state index is -1.49. The number of alkyl halides is 1. The van der Waals surface area contributed by atoms with Gasteiger partial charge in [-0.15, -0.1) is 0 Å². The molecule has 4 N–H and O–H groups in total. The molecule has 2 fully saturated rings. The van der Waals surface area contributed by atoms with E-state index in [1.807, 2.05) is 0 Å². The Morgan fingerprint density at radius 1 is 1.27 bits per heavy atom. The van der Waals surface area contributed by atoms with E-state index in [2.05, 4.69) is 0 Å². The zero-order valence-electron chi connectivity index (χ0n) is 21.9. The number of unbranched alkanes of at least 4 members (excludes halogenated alkanes) is 1. The largest absolute Gasteiger partial charge is 0.392 e. The number of ether oxygens (including phenoxy) is 1. The first-order valence-corrected chi connectivity index (χ1v) is 14.0. The van der Waals surface area contributed by atoms with Crippen molar-refractivity contribution < 1.29 is 28.5 Å². The van der Waals surface area contributed by atoms with E-state index in [9.17, 15) is 19.4 Å². The van der Waals surface area contributed by atoms with Crippen LogP contribution in [0.4, 0.5) is 8.78 Å². The monoisotopic (exact) mass is 544 g/mol. The molecule has 0 radical (unpaired) electrons. The molecule has 6 nitrogen and oxygen atoms in total. The maximum atomic E-state index is 15.1. The van der Waals surface area contributed by atoms with Crippen LogP contribution in [-0.4, -0.2) is 66.6 Å². The fraction of sp³-hybridized carbons (Fsp3) is 0.750. The zero-order valence-corrected chi connectivity index (χ0v) is 22.6. The molecule has 1 saturated heterocycles. The molecule has 0 unspecified atom stereocenters. The molecule has 1 aliphatic carbocycles. The standard InChI is InChI=1S/C28H43ClF2N2O4/c1-37-15-3-2-13-28(36,23-7-4-8-24(29)26(23)31)21-6-5-14-33(18-21)25(34)16-20(17-32)27(35)19-9-11-22(30)12-10-19/h4,7-8,19-22,27,35-36H,2-3,5-6,9-18,32H2,1H3/t19?,20-,21-,22?,27+,28+/m1/s1. The van der Waals surface area contributed by atoms with Crippen molar-refractivity contribution in [1.82, 2.24) is 4.90 Å². The van der Waals surface area contributed by atoms with Gasteiger partial charge in [-0.25, -0.2) is 8.78 Å². The van der Waals surface area contributed by atoms with Crippen LogP contribution < -0.4 is 5.73 Å². The van der Waals surface area contributed by atoms with Crippen LogP contribution in [0.1, 0.15) is 69.8 Å². The molecule has 210 valence electrons. The van der Waals surface area contributed by atoms with Gasteiger partial charge in [0.15, 0.2) is 0 Å². The number of hydrogen-bond acceptors (Lipinski definition) is 5. The van der Waals surface area contributed by atoms with Gasteiger partial charge < -0.3 is 25.6 Å². The van der Waals surface area contributed by atoms with E-state index in [-0.39, 0.29) is 47.8 Å². The van der Waals surface area contributed by atoms with Gasteiger partial charge in [-0.2, -0.15) is 0 Å². The van der Waals surface area contributed by atoms with Gasteiger partial charge in [0.2, 0.25) is 5.91 Å². The third kappa shape index (κ3) is 7.63. The molecular formula is C28H43ClF2N2O4. The fourth-order valence-corrected chi connectivity index (χ4v) is 6.31. The van der Waals surface area contributed by atoms with E-state index in [1.54, 1.807) is 24.1 Å². The number of benzene rings is 1. The number of nitrogens with zero attached hydrogens (tertiary/aromatic N) is 1. The minimum Gasteiger partial charge on any atom is -0.392 e. The van der Waals surface area contributed by atoms with Crippen molar-refractivity contribution in [3.8, 4) is 0 Å². The Bertz CT molecular complexity index is 871. The summed E-state index contributed by atoms with van der Waals surface area (Å²) in [4.78, 5) is 15.1. The van der Waals surface area contributed by atoms with Crippen LogP contribution in [0, 0.1) is 23.6 Å². The molecule has 2 aliphatic rings. The fourth-order valence-electron chi connectivity index (χ4n) is 6.13. The van der Waals surface area contributed by atoms with Crippen molar-refractivity contribution >= 4 is 17.5 Å². The van der Waals surface area contributed by atoms with E-state index in [0.717, 1.165) is 6.42 Å². The van der Waals surface area contributed by atoms with Gasteiger partial charge in [0.1, 0.15) is 12.0 Å². The number of piperidine rings is 1. The van der Waals surface area contributed by atoms with Crippen LogP contribution in [0.3, 0.4) is 0 Å². The van der Waals surface area contributed by atoms with Gasteiger partial charge in [-0.3, -0.25) is 4.79 Å². The van der Waals surface area contributed by atoms with Crippen molar-refractivity contribution in [3.63, 3.8) is 0 Å². The Hall–Kier alpha value is -1.32. The summed E-state index contributed by atoms with van der Waals surface area (Å²) in [6.45, 7) is 1.52. The highest BCUT2D eigenvalue weighted by Gasteiger charge is 2.43. The summed E-state index contributed by atoms with van der Waals surface area (Å²) in [7, 11) is 1.62. The maximum Gasteiger partial charge on any atom is 0.223 e. The summed E-state index contributed by atoms with van der Waals surface area (Å²) >= 11 is 6.07. The van der Waals surface area contributed by atoms with Gasteiger partial charge in [-0.1, -0.05) is 23.7 Å². The van der Waals surface area contributed by atoms with E-state index in [4.69, 9.17) is 22.1 Å². The lowest BCUT2D eigenvalue weighted by atomic mass is 9.73. The zero-order chi connectivity index (χ0) is 27.0. The molecule has 1 aliphatic heterocycles. The molecule has 0 bridgehead atoms. The highest BCUT2D eigenvalue weighted by molar-refractivity contribution is 6.30. The molecule has 9 heteroatoms. The first-order chi connectivity index (χ1) is 17.7. The highest BCUT2D eigenvalue weighted by Crippen LogP contribution is 2.42. The number of halogens is 3. The van der Waals surface area contributed by atoms with Crippen LogP contribution in [0.2, 0.25) is 5.02 Å². The second kappa shape index (κ2) is 14.2. The lowest BCUT2D eigenvalue weighted by molar-refractivity contribution is -0.139. The van der Waals surface area contributed by atoms with E-state index >= 15 is 4.39 Å². The van der Waals surface area contributed by atoms with E-state index in [0.29, 0.717) is 64.5 Å². The number of carbonyl (C=O) groups is 1. The molecule has 1 aromatic rings. The number of likely N-dealkylation sites (tertiary alicyclic amines) is 1. The molecule has 4 atom stereocenters. The Kier molecular flexibility index (Phi) is 11.6. The Labute approximate surface area is 224 Å². The van der Waals surface area contributed by atoms with Crippen molar-refractivity contribution in [2.24, 2.45) is 23.5 Å². The third-order valence-electron chi connectivity index (χ3n) is 8.43. The molecule has 0 aromatic heterocycles. The number of aliphatic hydroxyl groups excluding tert-OH is 1. The molecule has 1 saturated carbocycles. The molecule has 1 amide bonds. The first kappa shape index (κ1) is 30.2. The quantitative estimate of drug-likeness (QED) is 0.335. The van der Waals surface area contributed by atoms with Crippen molar-refractivity contribution in [3.05, 3.63) is 34.6 Å². The third-order valence-corrected chi connectivity index (χ3v) is 8.72. The van der Waals surface area contributed by atoms with E-state index < -0.39 is 29.6 Å². The molecular weight excluding hydrogens is 502 g/mol. The summed E-state index contributed by atoms with van der Waals surface area (Å²) < 4.78 is 33.8. The van der Waals surface area contributed by atoms with Gasteiger partial charge in [0.05, 0.1) is 16.7 Å². The van der Waals surface area contributed by atoms with Crippen molar-refractivity contribution in [2.75, 3.05) is 33.4 Å². The second-order valence-electron chi connectivity index (χ2n) is 10.9. The van der Waals surface area contributed by atoms with Crippen LogP contribution in [-0.2, 0) is 15.1 Å². The average molecular weight is 545 g/mol. The van der Waals surface area contributed by atoms with E-state index in [1.165, 1.54) is 6.07 Å². The molecule has 37 heavy (non-hydrogen) atoms. The molecule has 3 rings (SSSR count). The lowest BCUT2D eigenvalue weighted by Gasteiger charge is -2.43. The second-order valence-corrected chi connectivity index (χ2v) is 11.3. The number of amides is 1. The maximum absolute atomic E-state index is 15.1. The number of aliphatic hydroxyl groups is 2. The first-order valence-electron chi connectivity index (χ1n) is 13.7. The summed E-state index contributed by atoms with van der Waals surface area (Å²) in [5, 5.41) is 22.8. The number of rotatable bonds is 12. The summed E-state index contributed by atoms with van der Waals surface area (Å²) in [6.07, 6.45) is 3.58. The summed E-state index contributed by atoms with van der Waals surface area (Å²) in [5.74, 6) is -1.59. The average Bonchev–Trinajstić information content (AvgIpc) is 2.91. The SMILES string of the molecule is COCCCC[C@@](O)(c1cccc(Cl)c1F)[C@@H]1CCCN(C(=O)C[C@H](CN)[C@@H](O)C2CCC(F)CC2)C1. The van der Waals surface area contributed by atoms with Crippen LogP contribution in [0.15, 0.2) is 18.2 Å². The number of carbonyl (C=O) groups excluding carboxylic acids is 1. The number of hydrogen-bond donors (Lipinski definition) is 3. The highest BCUT2D eigenvalue weighted by atomic mass is 35.5. The summed E-state index contributed by atoms with van der Waals surface area (Å²) in [6, 6.07) is 4.67. The molecule has 1 heterocycles. The van der Waals surface area contributed by atoms with Crippen molar-refractivity contribution in [1.29, 1.82) is 0 Å². The minimum absolute atomic E-state index is 0.0434. The molecule has 0 spiro atoms. The van der Waals surface area contributed by atoms with Crippen molar-refractivity contribution in [2.45, 2.75) is 82.1 Å². The predicted octanol–water partition coefficient (Wildman–Crippen LogP) is 4.58. The van der Waals surface area contributed by atoms with Gasteiger partial charge >= 0.3 is 0 Å². The lowest BCUT2D eigenvalue weighted by Crippen LogP contribution is -2.49. The van der Waals surface area contributed by atoms with Gasteiger partial charge in [-0.05, 0) is 76.3 Å². The predicted molar refractivity (Wildman–Crippen MR) is 140 cm³/mol. The number of nitrogens with two attached hydrogens (primary N) is 1. The Balaban J connectivity index is 1.72. The van der Waals surface area contributed by atoms with Crippen LogP contribution in [0.25, 0.3) is 0 Å².